The molecule has 8 heteroatoms. The quantitative estimate of drug-likeness (QED) is 0.595. The number of carbonyl (C=O) groups is 1. The van der Waals surface area contributed by atoms with Gasteiger partial charge in [-0.15, -0.1) is 10.2 Å². The average Bonchev–Trinajstić information content (AvgIpc) is 3.12. The molecule has 2 aromatic rings. The first-order chi connectivity index (χ1) is 12.8. The van der Waals surface area contributed by atoms with Gasteiger partial charge in [-0.05, 0) is 31.4 Å². The highest BCUT2D eigenvalue weighted by molar-refractivity contribution is 7.99. The summed E-state index contributed by atoms with van der Waals surface area (Å²) in [4.78, 5) is 14.2. The third-order valence-electron chi connectivity index (χ3n) is 4.16. The number of aromatic nitrogens is 3. The Morgan fingerprint density at radius 2 is 1.96 bits per heavy atom. The van der Waals surface area contributed by atoms with Crippen LogP contribution in [-0.4, -0.2) is 46.1 Å². The van der Waals surface area contributed by atoms with Crippen LogP contribution in [0.4, 0.5) is 5.95 Å². The second-order valence-electron chi connectivity index (χ2n) is 6.05. The summed E-state index contributed by atoms with van der Waals surface area (Å²) in [6.07, 6.45) is 3.88. The molecule has 1 aliphatic rings. The molecule has 1 fully saturated rings. The van der Waals surface area contributed by atoms with E-state index in [-0.39, 0.29) is 11.7 Å². The molecule has 0 saturated carbocycles. The van der Waals surface area contributed by atoms with Gasteiger partial charge in [0.1, 0.15) is 0 Å². The van der Waals surface area contributed by atoms with E-state index in [0.29, 0.717) is 18.1 Å². The van der Waals surface area contributed by atoms with Gasteiger partial charge in [-0.3, -0.25) is 9.36 Å². The van der Waals surface area contributed by atoms with Crippen LogP contribution in [0.15, 0.2) is 35.5 Å². The summed E-state index contributed by atoms with van der Waals surface area (Å²) in [6.45, 7) is 2.33. The monoisotopic (exact) mass is 370 g/mol. The highest BCUT2D eigenvalue weighted by atomic mass is 32.2. The van der Waals surface area contributed by atoms with Crippen LogP contribution in [-0.2, 0) is 4.79 Å². The predicted molar refractivity (Wildman–Crippen MR) is 101 cm³/mol. The van der Waals surface area contributed by atoms with Gasteiger partial charge in [0.2, 0.25) is 11.9 Å². The fourth-order valence-electron chi connectivity index (χ4n) is 2.90. The van der Waals surface area contributed by atoms with Crippen molar-refractivity contribution in [2.24, 2.45) is 0 Å². The second kappa shape index (κ2) is 9.25. The standard InChI is InChI=1S/C18H22N6OS/c19-10-7-11-20-16(25)14-26-18-22-21-17(23-12-5-2-6-13-23)24(18)15-8-3-1-4-9-15/h1,3-4,8-9H,2,5-7,11-14H2,(H,20,25). The molecule has 0 unspecified atom stereocenters. The minimum atomic E-state index is -0.104. The zero-order valence-electron chi connectivity index (χ0n) is 14.6. The molecule has 1 amide bonds. The Hall–Kier alpha value is -2.53. The number of thioether (sulfide) groups is 1. The molecule has 7 nitrogen and oxygen atoms in total. The van der Waals surface area contributed by atoms with Crippen molar-refractivity contribution in [3.05, 3.63) is 30.3 Å². The van der Waals surface area contributed by atoms with E-state index in [2.05, 4.69) is 20.4 Å². The van der Waals surface area contributed by atoms with Crippen molar-refractivity contribution >= 4 is 23.6 Å². The number of anilines is 1. The number of rotatable bonds is 7. The van der Waals surface area contributed by atoms with Gasteiger partial charge in [0.25, 0.3) is 0 Å². The van der Waals surface area contributed by atoms with E-state index in [0.717, 1.165) is 37.6 Å². The van der Waals surface area contributed by atoms with Gasteiger partial charge in [-0.2, -0.15) is 5.26 Å². The number of hydrogen-bond acceptors (Lipinski definition) is 6. The molecular weight excluding hydrogens is 348 g/mol. The van der Waals surface area contributed by atoms with Gasteiger partial charge in [0.05, 0.1) is 23.9 Å². The van der Waals surface area contributed by atoms with Gasteiger partial charge in [0.15, 0.2) is 5.16 Å². The first-order valence-corrected chi connectivity index (χ1v) is 9.80. The number of piperidine rings is 1. The van der Waals surface area contributed by atoms with Gasteiger partial charge < -0.3 is 10.2 Å². The molecule has 0 bridgehead atoms. The Kier molecular flexibility index (Phi) is 6.50. The molecule has 1 saturated heterocycles. The van der Waals surface area contributed by atoms with Crippen LogP contribution >= 0.6 is 11.8 Å². The van der Waals surface area contributed by atoms with E-state index in [1.54, 1.807) is 0 Å². The minimum Gasteiger partial charge on any atom is -0.354 e. The number of nitriles is 1. The SMILES string of the molecule is N#CCCNC(=O)CSc1nnc(N2CCCCC2)n1-c1ccccc1. The topological polar surface area (TPSA) is 86.8 Å². The summed E-state index contributed by atoms with van der Waals surface area (Å²) in [7, 11) is 0. The van der Waals surface area contributed by atoms with Crippen molar-refractivity contribution in [1.82, 2.24) is 20.1 Å². The van der Waals surface area contributed by atoms with Crippen LogP contribution < -0.4 is 10.2 Å². The summed E-state index contributed by atoms with van der Waals surface area (Å²) in [5.41, 5.74) is 0.991. The molecule has 136 valence electrons. The molecule has 0 aliphatic carbocycles. The number of nitrogens with one attached hydrogen (secondary N) is 1. The lowest BCUT2D eigenvalue weighted by atomic mass is 10.1. The van der Waals surface area contributed by atoms with Crippen LogP contribution in [0.3, 0.4) is 0 Å². The minimum absolute atomic E-state index is 0.104. The summed E-state index contributed by atoms with van der Waals surface area (Å²) < 4.78 is 2.03. The maximum absolute atomic E-state index is 11.9. The van der Waals surface area contributed by atoms with E-state index in [1.807, 2.05) is 41.0 Å². The number of para-hydroxylation sites is 1. The third-order valence-corrected chi connectivity index (χ3v) is 5.09. The van der Waals surface area contributed by atoms with Crippen molar-refractivity contribution in [2.45, 2.75) is 30.8 Å². The molecule has 0 atom stereocenters. The van der Waals surface area contributed by atoms with Crippen LogP contribution in [0.2, 0.25) is 0 Å². The van der Waals surface area contributed by atoms with Gasteiger partial charge in [-0.1, -0.05) is 30.0 Å². The number of carbonyl (C=O) groups excluding carboxylic acids is 1. The number of nitrogens with zero attached hydrogens (tertiary/aromatic N) is 5. The lowest BCUT2D eigenvalue weighted by Crippen LogP contribution is -2.31. The average molecular weight is 370 g/mol. The lowest BCUT2D eigenvalue weighted by molar-refractivity contribution is -0.118. The Morgan fingerprint density at radius 3 is 2.69 bits per heavy atom. The molecule has 1 N–H and O–H groups in total. The van der Waals surface area contributed by atoms with Crippen molar-refractivity contribution in [3.63, 3.8) is 0 Å². The molecule has 26 heavy (non-hydrogen) atoms. The molecule has 3 rings (SSSR count). The van der Waals surface area contributed by atoms with Crippen molar-refractivity contribution in [2.75, 3.05) is 30.3 Å². The van der Waals surface area contributed by atoms with Crippen molar-refractivity contribution in [1.29, 1.82) is 5.26 Å². The van der Waals surface area contributed by atoms with E-state index >= 15 is 0 Å². The Morgan fingerprint density at radius 1 is 1.19 bits per heavy atom. The molecule has 1 aromatic carbocycles. The fraction of sp³-hybridized carbons (Fsp3) is 0.444. The van der Waals surface area contributed by atoms with Gasteiger partial charge in [0, 0.05) is 19.6 Å². The Bertz CT molecular complexity index is 764. The van der Waals surface area contributed by atoms with Crippen LogP contribution in [0.25, 0.3) is 5.69 Å². The van der Waals surface area contributed by atoms with E-state index in [9.17, 15) is 4.79 Å². The number of amides is 1. The summed E-state index contributed by atoms with van der Waals surface area (Å²) in [5.74, 6) is 0.979. The molecule has 0 radical (unpaired) electrons. The normalized spacial score (nSPS) is 14.0. The number of benzene rings is 1. The predicted octanol–water partition coefficient (Wildman–Crippen LogP) is 2.38. The van der Waals surface area contributed by atoms with Gasteiger partial charge in [-0.25, -0.2) is 0 Å². The van der Waals surface area contributed by atoms with E-state index in [4.69, 9.17) is 5.26 Å². The smallest absolute Gasteiger partial charge is 0.232 e. The number of hydrogen-bond donors (Lipinski definition) is 1. The fourth-order valence-corrected chi connectivity index (χ4v) is 3.67. The maximum atomic E-state index is 11.9. The third kappa shape index (κ3) is 4.55. The highest BCUT2D eigenvalue weighted by Crippen LogP contribution is 2.28. The van der Waals surface area contributed by atoms with Gasteiger partial charge >= 0.3 is 0 Å². The molecule has 1 aliphatic heterocycles. The first kappa shape index (κ1) is 18.3. The first-order valence-electron chi connectivity index (χ1n) is 8.82. The molecule has 1 aromatic heterocycles. The largest absolute Gasteiger partial charge is 0.354 e. The van der Waals surface area contributed by atoms with E-state index in [1.165, 1.54) is 18.2 Å². The summed E-state index contributed by atoms with van der Waals surface area (Å²) in [5, 5.41) is 20.7. The van der Waals surface area contributed by atoms with Crippen molar-refractivity contribution in [3.8, 4) is 11.8 Å². The molecular formula is C18H22N6OS. The summed E-state index contributed by atoms with van der Waals surface area (Å²) >= 11 is 1.36. The van der Waals surface area contributed by atoms with Crippen LogP contribution in [0.5, 0.6) is 0 Å². The zero-order valence-corrected chi connectivity index (χ0v) is 15.4. The van der Waals surface area contributed by atoms with Crippen LogP contribution in [0, 0.1) is 11.3 Å². The maximum Gasteiger partial charge on any atom is 0.232 e. The van der Waals surface area contributed by atoms with Crippen molar-refractivity contribution < 1.29 is 4.79 Å². The second-order valence-corrected chi connectivity index (χ2v) is 6.99. The zero-order chi connectivity index (χ0) is 18.2. The van der Waals surface area contributed by atoms with E-state index < -0.39 is 0 Å². The summed E-state index contributed by atoms with van der Waals surface area (Å²) in [6, 6.07) is 12.0. The Balaban J connectivity index is 1.78. The Labute approximate surface area is 157 Å². The molecule has 0 spiro atoms. The van der Waals surface area contributed by atoms with Crippen LogP contribution in [0.1, 0.15) is 25.7 Å². The highest BCUT2D eigenvalue weighted by Gasteiger charge is 2.21. The lowest BCUT2D eigenvalue weighted by Gasteiger charge is -2.27. The molecule has 2 heterocycles.